The van der Waals surface area contributed by atoms with Gasteiger partial charge in [-0.3, -0.25) is 0 Å². The van der Waals surface area contributed by atoms with E-state index in [1.54, 1.807) is 0 Å². The van der Waals surface area contributed by atoms with E-state index in [1.807, 2.05) is 6.07 Å². The summed E-state index contributed by atoms with van der Waals surface area (Å²) in [4.78, 5) is 10.4. The van der Waals surface area contributed by atoms with Crippen LogP contribution in [0.15, 0.2) is 167 Å². The number of hydrogen-bond donors (Lipinski definition) is 1. The van der Waals surface area contributed by atoms with Crippen molar-refractivity contribution in [1.82, 2.24) is 5.32 Å². The average Bonchev–Trinajstić information content (AvgIpc) is 3.41. The first-order valence-electron chi connectivity index (χ1n) is 17.3. The molecular formula is C46H37N3. The third-order valence-electron chi connectivity index (χ3n) is 10.3. The second-order valence-electron chi connectivity index (χ2n) is 13.7. The number of rotatable bonds is 5. The number of fused-ring (bicyclic) bond motifs is 5. The van der Waals surface area contributed by atoms with E-state index in [1.165, 1.54) is 55.3 Å². The van der Waals surface area contributed by atoms with Gasteiger partial charge in [-0.1, -0.05) is 153 Å². The highest BCUT2D eigenvalue weighted by molar-refractivity contribution is 6.14. The molecule has 0 bridgehead atoms. The molecule has 1 aliphatic heterocycles. The fourth-order valence-corrected chi connectivity index (χ4v) is 7.85. The third-order valence-corrected chi connectivity index (χ3v) is 10.3. The Hall–Kier alpha value is -5.80. The molecule has 0 saturated heterocycles. The molecule has 9 rings (SSSR count). The molecule has 0 aromatic heterocycles. The highest BCUT2D eigenvalue weighted by atomic mass is 15.2. The summed E-state index contributed by atoms with van der Waals surface area (Å²) in [5.41, 5.74) is 13.3. The van der Waals surface area contributed by atoms with Gasteiger partial charge < -0.3 is 5.32 Å². The van der Waals surface area contributed by atoms with E-state index in [0.717, 1.165) is 41.2 Å². The van der Waals surface area contributed by atoms with Crippen LogP contribution in [0.25, 0.3) is 44.2 Å². The smallest absolute Gasteiger partial charge is 0.159 e. The molecule has 49 heavy (non-hydrogen) atoms. The minimum absolute atomic E-state index is 0.215. The summed E-state index contributed by atoms with van der Waals surface area (Å²) in [5, 5.41) is 6.20. The summed E-state index contributed by atoms with van der Waals surface area (Å²) in [5.74, 6) is 1.64. The predicted octanol–water partition coefficient (Wildman–Crippen LogP) is 11.2. The number of benzene rings is 6. The lowest BCUT2D eigenvalue weighted by molar-refractivity contribution is 0.665. The highest BCUT2D eigenvalue weighted by Gasteiger charge is 2.39. The Labute approximate surface area is 288 Å². The van der Waals surface area contributed by atoms with Crippen LogP contribution in [-0.4, -0.2) is 11.7 Å². The average molecular weight is 632 g/mol. The zero-order chi connectivity index (χ0) is 33.0. The topological polar surface area (TPSA) is 36.8 Å². The summed E-state index contributed by atoms with van der Waals surface area (Å²) >= 11 is 0. The molecule has 1 heterocycles. The highest BCUT2D eigenvalue weighted by Crippen LogP contribution is 2.55. The molecule has 0 saturated carbocycles. The van der Waals surface area contributed by atoms with Crippen molar-refractivity contribution in [3.63, 3.8) is 0 Å². The SMILES string of the molecule is CC1(C)c2cc(C3=NC(c4ccccc4)NC(C4=CCCC=C4)=N3)ccc2-c2c(-c3ccc(-c4ccccc4)cc3)cc3ccccc3c21. The third kappa shape index (κ3) is 5.05. The monoisotopic (exact) mass is 631 g/mol. The lowest BCUT2D eigenvalue weighted by Gasteiger charge is -2.26. The number of nitrogens with one attached hydrogen (secondary N) is 1. The maximum Gasteiger partial charge on any atom is 0.159 e. The Bertz CT molecular complexity index is 2360. The summed E-state index contributed by atoms with van der Waals surface area (Å²) in [6.45, 7) is 4.75. The van der Waals surface area contributed by atoms with Crippen molar-refractivity contribution in [3.8, 4) is 33.4 Å². The van der Waals surface area contributed by atoms with Crippen LogP contribution in [0.4, 0.5) is 0 Å². The van der Waals surface area contributed by atoms with Crippen LogP contribution >= 0.6 is 0 Å². The lowest BCUT2D eigenvalue weighted by Crippen LogP contribution is -2.34. The van der Waals surface area contributed by atoms with Crippen LogP contribution < -0.4 is 5.32 Å². The van der Waals surface area contributed by atoms with Gasteiger partial charge in [0.15, 0.2) is 5.84 Å². The van der Waals surface area contributed by atoms with Gasteiger partial charge in [0.25, 0.3) is 0 Å². The molecule has 2 aliphatic carbocycles. The Morgan fingerprint density at radius 3 is 2.12 bits per heavy atom. The van der Waals surface area contributed by atoms with Crippen molar-refractivity contribution in [2.75, 3.05) is 0 Å². The second kappa shape index (κ2) is 11.7. The van der Waals surface area contributed by atoms with E-state index in [4.69, 9.17) is 9.98 Å². The quantitative estimate of drug-likeness (QED) is 0.202. The molecule has 1 N–H and O–H groups in total. The molecule has 0 fully saturated rings. The maximum absolute atomic E-state index is 5.20. The van der Waals surface area contributed by atoms with E-state index < -0.39 is 0 Å². The molecule has 1 unspecified atom stereocenters. The number of aliphatic imine (C=N–C) groups is 2. The Morgan fingerprint density at radius 2 is 1.35 bits per heavy atom. The zero-order valence-electron chi connectivity index (χ0n) is 27.8. The zero-order valence-corrected chi connectivity index (χ0v) is 27.8. The van der Waals surface area contributed by atoms with E-state index in [9.17, 15) is 0 Å². The fraction of sp³-hybridized carbons (Fsp3) is 0.130. The molecule has 0 spiro atoms. The summed E-state index contributed by atoms with van der Waals surface area (Å²) in [6.07, 6.45) is 8.56. The Balaban J connectivity index is 1.19. The predicted molar refractivity (Wildman–Crippen MR) is 205 cm³/mol. The fourth-order valence-electron chi connectivity index (χ4n) is 7.85. The Morgan fingerprint density at radius 1 is 0.653 bits per heavy atom. The molecule has 3 nitrogen and oxygen atoms in total. The van der Waals surface area contributed by atoms with Gasteiger partial charge in [-0.15, -0.1) is 0 Å². The number of nitrogens with zero attached hydrogens (tertiary/aromatic N) is 2. The van der Waals surface area contributed by atoms with Gasteiger partial charge >= 0.3 is 0 Å². The normalized spacial score (nSPS) is 17.4. The first-order valence-corrected chi connectivity index (χ1v) is 17.3. The Kier molecular flexibility index (Phi) is 7.02. The van der Waals surface area contributed by atoms with Crippen molar-refractivity contribution < 1.29 is 0 Å². The van der Waals surface area contributed by atoms with Gasteiger partial charge in [0.1, 0.15) is 12.0 Å². The van der Waals surface area contributed by atoms with Gasteiger partial charge in [-0.2, -0.15) is 0 Å². The van der Waals surface area contributed by atoms with Gasteiger partial charge in [-0.25, -0.2) is 9.98 Å². The molecule has 6 aromatic rings. The molecule has 1 atom stereocenters. The molecule has 6 aromatic carbocycles. The second-order valence-corrected chi connectivity index (χ2v) is 13.7. The lowest BCUT2D eigenvalue weighted by atomic mass is 9.79. The number of hydrogen-bond acceptors (Lipinski definition) is 3. The minimum Gasteiger partial charge on any atom is -0.344 e. The maximum atomic E-state index is 5.20. The molecular weight excluding hydrogens is 595 g/mol. The summed E-state index contributed by atoms with van der Waals surface area (Å²) in [7, 11) is 0. The standard InChI is InChI=1S/C46H37N3/c1-46(2)40-29-36(45-48-43(33-16-8-4-9-17-33)47-44(49-45)34-18-10-5-11-19-34)26-27-38(40)41-39(28-35-20-12-13-21-37(35)42(41)46)32-24-22-31(23-25-32)30-14-6-3-7-15-30/h3-4,6-10,12-29,43H,5,11H2,1-2H3,(H,47,48,49). The van der Waals surface area contributed by atoms with Crippen molar-refractivity contribution in [3.05, 3.63) is 180 Å². The van der Waals surface area contributed by atoms with Gasteiger partial charge in [0.2, 0.25) is 0 Å². The van der Waals surface area contributed by atoms with E-state index in [-0.39, 0.29) is 11.6 Å². The van der Waals surface area contributed by atoms with Crippen LogP contribution in [0.2, 0.25) is 0 Å². The van der Waals surface area contributed by atoms with Crippen LogP contribution in [0.5, 0.6) is 0 Å². The van der Waals surface area contributed by atoms with Crippen LogP contribution in [-0.2, 0) is 5.41 Å². The van der Waals surface area contributed by atoms with Gasteiger partial charge in [-0.05, 0) is 85.8 Å². The summed E-state index contributed by atoms with van der Waals surface area (Å²) < 4.78 is 0. The summed E-state index contributed by atoms with van der Waals surface area (Å²) in [6, 6.07) is 48.3. The van der Waals surface area contributed by atoms with Gasteiger partial charge in [0, 0.05) is 16.6 Å². The number of amidine groups is 2. The molecule has 236 valence electrons. The van der Waals surface area contributed by atoms with Crippen LogP contribution in [0.3, 0.4) is 0 Å². The largest absolute Gasteiger partial charge is 0.344 e. The van der Waals surface area contributed by atoms with Gasteiger partial charge in [0.05, 0.1) is 0 Å². The first-order chi connectivity index (χ1) is 24.0. The molecule has 0 amide bonds. The van der Waals surface area contributed by atoms with E-state index in [2.05, 4.69) is 165 Å². The van der Waals surface area contributed by atoms with Crippen LogP contribution in [0.1, 0.15) is 55.1 Å². The number of allylic oxidation sites excluding steroid dienone is 2. The van der Waals surface area contributed by atoms with Crippen molar-refractivity contribution in [2.24, 2.45) is 9.98 Å². The molecule has 3 aliphatic rings. The van der Waals surface area contributed by atoms with E-state index in [0.29, 0.717) is 0 Å². The minimum atomic E-state index is -0.228. The first kappa shape index (κ1) is 29.3. The van der Waals surface area contributed by atoms with Crippen LogP contribution in [0, 0.1) is 0 Å². The molecule has 0 radical (unpaired) electrons. The molecule has 3 heteroatoms. The van der Waals surface area contributed by atoms with E-state index >= 15 is 0 Å². The van der Waals surface area contributed by atoms with Crippen molar-refractivity contribution in [2.45, 2.75) is 38.3 Å². The van der Waals surface area contributed by atoms with Crippen molar-refractivity contribution in [1.29, 1.82) is 0 Å². The van der Waals surface area contributed by atoms with Crippen molar-refractivity contribution >= 4 is 22.4 Å².